The van der Waals surface area contributed by atoms with Crippen molar-refractivity contribution in [2.45, 2.75) is 45.7 Å². The van der Waals surface area contributed by atoms with Crippen LogP contribution >= 0.6 is 0 Å². The van der Waals surface area contributed by atoms with Crippen LogP contribution in [0.15, 0.2) is 29.1 Å². The molecule has 0 unspecified atom stereocenters. The van der Waals surface area contributed by atoms with Crippen LogP contribution in [0.4, 0.5) is 0 Å². The molecule has 146 valence electrons. The molecule has 0 aliphatic carbocycles. The molecule has 1 N–H and O–H groups in total. The Hall–Kier alpha value is -2.96. The summed E-state index contributed by atoms with van der Waals surface area (Å²) in [5.74, 6) is 0.333. The number of hydrogen-bond acceptors (Lipinski definition) is 4. The minimum Gasteiger partial charge on any atom is -0.331 e. The summed E-state index contributed by atoms with van der Waals surface area (Å²) in [7, 11) is 0. The molecule has 1 saturated heterocycles. The third-order valence-electron chi connectivity index (χ3n) is 5.71. The van der Waals surface area contributed by atoms with E-state index in [0.717, 1.165) is 18.4 Å². The number of benzene rings is 1. The lowest BCUT2D eigenvalue weighted by molar-refractivity contribution is -0.133. The highest BCUT2D eigenvalue weighted by Gasteiger charge is 2.35. The van der Waals surface area contributed by atoms with E-state index in [2.05, 4.69) is 9.97 Å². The third kappa shape index (κ3) is 3.10. The Morgan fingerprint density at radius 2 is 2.07 bits per heavy atom. The predicted molar refractivity (Wildman–Crippen MR) is 104 cm³/mol. The summed E-state index contributed by atoms with van der Waals surface area (Å²) in [6.45, 7) is 4.86. The van der Waals surface area contributed by atoms with Crippen molar-refractivity contribution >= 4 is 11.8 Å². The number of H-pyrrole nitrogens is 1. The van der Waals surface area contributed by atoms with E-state index < -0.39 is 0 Å². The highest BCUT2D eigenvalue weighted by molar-refractivity contribution is 6.00. The summed E-state index contributed by atoms with van der Waals surface area (Å²) in [4.78, 5) is 48.6. The van der Waals surface area contributed by atoms with Gasteiger partial charge in [0, 0.05) is 29.9 Å². The molecular weight excluding hydrogens is 356 g/mol. The van der Waals surface area contributed by atoms with Crippen molar-refractivity contribution in [3.63, 3.8) is 0 Å². The van der Waals surface area contributed by atoms with Gasteiger partial charge in [-0.25, -0.2) is 4.98 Å². The number of carbonyl (C=O) groups is 2. The van der Waals surface area contributed by atoms with Gasteiger partial charge >= 0.3 is 0 Å². The van der Waals surface area contributed by atoms with Crippen LogP contribution in [0.3, 0.4) is 0 Å². The van der Waals surface area contributed by atoms with E-state index >= 15 is 0 Å². The Labute approximate surface area is 163 Å². The number of nitrogens with zero attached hydrogens (tertiary/aromatic N) is 3. The zero-order valence-electron chi connectivity index (χ0n) is 16.2. The number of aromatic nitrogens is 2. The van der Waals surface area contributed by atoms with Crippen LogP contribution in [-0.4, -0.2) is 44.7 Å². The number of likely N-dealkylation sites (tertiary alicyclic amines) is 1. The molecule has 1 aromatic heterocycles. The van der Waals surface area contributed by atoms with Crippen LogP contribution in [0.5, 0.6) is 0 Å². The molecule has 2 aromatic rings. The second kappa shape index (κ2) is 7.22. The Bertz CT molecular complexity index is 997. The maximum atomic E-state index is 13.0. The Morgan fingerprint density at radius 1 is 1.29 bits per heavy atom. The lowest BCUT2D eigenvalue weighted by Gasteiger charge is -2.26. The average Bonchev–Trinajstić information content (AvgIpc) is 3.27. The fraction of sp³-hybridized carbons (Fsp3) is 0.429. The van der Waals surface area contributed by atoms with E-state index in [4.69, 9.17) is 0 Å². The molecule has 0 spiro atoms. The van der Waals surface area contributed by atoms with Gasteiger partial charge < -0.3 is 14.8 Å². The molecular formula is C21H24N4O3. The van der Waals surface area contributed by atoms with Crippen molar-refractivity contribution in [3.05, 3.63) is 62.8 Å². The fourth-order valence-corrected chi connectivity index (χ4v) is 4.25. The summed E-state index contributed by atoms with van der Waals surface area (Å²) in [6, 6.07) is 7.21. The highest BCUT2D eigenvalue weighted by atomic mass is 16.2. The summed E-state index contributed by atoms with van der Waals surface area (Å²) in [5.41, 5.74) is 2.89. The van der Waals surface area contributed by atoms with Crippen LogP contribution in [0, 0.1) is 6.92 Å². The van der Waals surface area contributed by atoms with Crippen LogP contribution in [-0.2, 0) is 17.8 Å². The van der Waals surface area contributed by atoms with Crippen LogP contribution in [0.2, 0.25) is 0 Å². The molecule has 2 aliphatic rings. The number of amides is 2. The van der Waals surface area contributed by atoms with Gasteiger partial charge in [0.2, 0.25) is 5.91 Å². The van der Waals surface area contributed by atoms with Crippen LogP contribution in [0.25, 0.3) is 0 Å². The Morgan fingerprint density at radius 3 is 2.79 bits per heavy atom. The quantitative estimate of drug-likeness (QED) is 0.879. The van der Waals surface area contributed by atoms with Gasteiger partial charge in [0.05, 0.1) is 6.04 Å². The van der Waals surface area contributed by atoms with Crippen LogP contribution in [0.1, 0.15) is 58.8 Å². The summed E-state index contributed by atoms with van der Waals surface area (Å²) >= 11 is 0. The van der Waals surface area contributed by atoms with Crippen molar-refractivity contribution in [1.29, 1.82) is 0 Å². The third-order valence-corrected chi connectivity index (χ3v) is 5.71. The van der Waals surface area contributed by atoms with E-state index in [9.17, 15) is 14.4 Å². The first kappa shape index (κ1) is 18.4. The van der Waals surface area contributed by atoms with Crippen molar-refractivity contribution in [1.82, 2.24) is 19.8 Å². The smallest absolute Gasteiger partial charge is 0.254 e. The maximum absolute atomic E-state index is 13.0. The maximum Gasteiger partial charge on any atom is 0.254 e. The first-order valence-corrected chi connectivity index (χ1v) is 9.76. The first-order valence-electron chi connectivity index (χ1n) is 9.76. The van der Waals surface area contributed by atoms with Crippen molar-refractivity contribution < 1.29 is 9.59 Å². The first-order chi connectivity index (χ1) is 13.5. The second-order valence-electron chi connectivity index (χ2n) is 7.43. The van der Waals surface area contributed by atoms with Crippen LogP contribution < -0.4 is 5.56 Å². The van der Waals surface area contributed by atoms with E-state index in [0.29, 0.717) is 42.2 Å². The number of fused-ring (bicyclic) bond motifs is 1. The monoisotopic (exact) mass is 380 g/mol. The topological polar surface area (TPSA) is 86.4 Å². The molecule has 2 amide bonds. The van der Waals surface area contributed by atoms with Gasteiger partial charge in [0.25, 0.3) is 11.5 Å². The summed E-state index contributed by atoms with van der Waals surface area (Å²) < 4.78 is 0. The number of aromatic amines is 1. The minimum absolute atomic E-state index is 0.0419. The minimum atomic E-state index is -0.245. The van der Waals surface area contributed by atoms with Gasteiger partial charge in [-0.15, -0.1) is 0 Å². The fourth-order valence-electron chi connectivity index (χ4n) is 4.25. The van der Waals surface area contributed by atoms with E-state index in [-0.39, 0.29) is 30.0 Å². The highest BCUT2D eigenvalue weighted by Crippen LogP contribution is 2.30. The number of rotatable bonds is 4. The van der Waals surface area contributed by atoms with Crippen molar-refractivity contribution in [3.8, 4) is 0 Å². The molecule has 3 heterocycles. The number of aryl methyl sites for hydroxylation is 1. The zero-order chi connectivity index (χ0) is 19.8. The summed E-state index contributed by atoms with van der Waals surface area (Å²) in [6.07, 6.45) is 2.23. The van der Waals surface area contributed by atoms with Crippen molar-refractivity contribution in [2.75, 3.05) is 13.1 Å². The molecule has 0 bridgehead atoms. The van der Waals surface area contributed by atoms with Gasteiger partial charge in [0.15, 0.2) is 0 Å². The molecule has 0 radical (unpaired) electrons. The van der Waals surface area contributed by atoms with Gasteiger partial charge in [0.1, 0.15) is 12.4 Å². The molecule has 1 fully saturated rings. The molecule has 2 aliphatic heterocycles. The van der Waals surface area contributed by atoms with Gasteiger partial charge in [-0.1, -0.05) is 25.1 Å². The predicted octanol–water partition coefficient (Wildman–Crippen LogP) is 1.96. The molecule has 4 rings (SSSR count). The largest absolute Gasteiger partial charge is 0.331 e. The SMILES string of the molecule is CCc1c(C)nc([C@@H]2CCCN2C(=O)CN2Cc3ccccc3C2=O)[nH]c1=O. The number of hydrogen-bond donors (Lipinski definition) is 1. The average molecular weight is 380 g/mol. The number of nitrogens with one attached hydrogen (secondary N) is 1. The zero-order valence-corrected chi connectivity index (χ0v) is 16.2. The molecule has 7 heteroatoms. The van der Waals surface area contributed by atoms with Gasteiger partial charge in [-0.05, 0) is 37.8 Å². The van der Waals surface area contributed by atoms with Crippen molar-refractivity contribution in [2.24, 2.45) is 0 Å². The van der Waals surface area contributed by atoms with Gasteiger partial charge in [-0.2, -0.15) is 0 Å². The molecule has 7 nitrogen and oxygen atoms in total. The second-order valence-corrected chi connectivity index (χ2v) is 7.43. The van der Waals surface area contributed by atoms with E-state index in [1.165, 1.54) is 0 Å². The number of carbonyl (C=O) groups excluding carboxylic acids is 2. The molecule has 1 atom stereocenters. The lowest BCUT2D eigenvalue weighted by Crippen LogP contribution is -2.41. The van der Waals surface area contributed by atoms with E-state index in [1.54, 1.807) is 15.9 Å². The van der Waals surface area contributed by atoms with Gasteiger partial charge in [-0.3, -0.25) is 14.4 Å². The Kier molecular flexibility index (Phi) is 4.75. The Balaban J connectivity index is 1.52. The summed E-state index contributed by atoms with van der Waals surface area (Å²) in [5, 5.41) is 0. The standard InChI is InChI=1S/C21H24N4O3/c1-3-15-13(2)22-19(23-20(15)27)17-9-6-10-25(17)18(26)12-24-11-14-7-4-5-8-16(14)21(24)28/h4-5,7-8,17H,3,6,9-12H2,1-2H3,(H,22,23,27)/t17-/m0/s1. The normalized spacial score (nSPS) is 18.6. The molecule has 28 heavy (non-hydrogen) atoms. The molecule has 1 aromatic carbocycles. The lowest BCUT2D eigenvalue weighted by atomic mass is 10.1. The van der Waals surface area contributed by atoms with E-state index in [1.807, 2.05) is 32.0 Å². The molecule has 0 saturated carbocycles.